The van der Waals surface area contributed by atoms with Crippen LogP contribution in [0.3, 0.4) is 0 Å². The van der Waals surface area contributed by atoms with Crippen molar-refractivity contribution in [1.29, 1.82) is 0 Å². The quantitative estimate of drug-likeness (QED) is 0.397. The molecule has 0 radical (unpaired) electrons. The van der Waals surface area contributed by atoms with Crippen LogP contribution in [0.25, 0.3) is 0 Å². The van der Waals surface area contributed by atoms with Gasteiger partial charge in [0.1, 0.15) is 0 Å². The number of hydrogen-bond acceptors (Lipinski definition) is 0. The van der Waals surface area contributed by atoms with Crippen molar-refractivity contribution in [3.05, 3.63) is 0 Å². The van der Waals surface area contributed by atoms with Crippen LogP contribution in [0.5, 0.6) is 0 Å². The van der Waals surface area contributed by atoms with E-state index in [4.69, 9.17) is 0 Å². The van der Waals surface area contributed by atoms with Gasteiger partial charge in [0.05, 0.1) is 0 Å². The molecule has 13 heavy (non-hydrogen) atoms. The zero-order chi connectivity index (χ0) is 10.2. The largest absolute Gasteiger partial charge is 0.369 e. The minimum atomic E-state index is -2.24. The van der Waals surface area contributed by atoms with Crippen molar-refractivity contribution in [2.75, 3.05) is 0 Å². The van der Waals surface area contributed by atoms with Gasteiger partial charge in [-0.25, -0.2) is 0 Å². The van der Waals surface area contributed by atoms with Gasteiger partial charge in [-0.15, -0.1) is 23.7 Å². The predicted octanol–water partition coefficient (Wildman–Crippen LogP) is 1.69. The summed E-state index contributed by atoms with van der Waals surface area (Å²) in [5, 5.41) is 0. The minimum Gasteiger partial charge on any atom is -0.110 e. The first-order valence-corrected chi connectivity index (χ1v) is 6.00. The van der Waals surface area contributed by atoms with Crippen LogP contribution in [0.4, 0.5) is 0 Å². The standard InChI is InChI=1S/C12H12Si/c1-5-9-13(10-6-2,11-7-3)12-8-4/h1-4H3. The van der Waals surface area contributed by atoms with Crippen LogP contribution in [0.2, 0.25) is 0 Å². The number of rotatable bonds is 0. The Morgan fingerprint density at radius 1 is 0.538 bits per heavy atom. The second-order valence-electron chi connectivity index (χ2n) is 2.25. The lowest BCUT2D eigenvalue weighted by molar-refractivity contribution is 1.90. The van der Waals surface area contributed by atoms with E-state index < -0.39 is 8.07 Å². The van der Waals surface area contributed by atoms with Gasteiger partial charge in [-0.05, 0) is 27.7 Å². The summed E-state index contributed by atoms with van der Waals surface area (Å²) < 4.78 is 0. The molecule has 0 aliphatic carbocycles. The third-order valence-electron chi connectivity index (χ3n) is 1.25. The van der Waals surface area contributed by atoms with Crippen molar-refractivity contribution in [2.24, 2.45) is 0 Å². The number of hydrogen-bond donors (Lipinski definition) is 0. The van der Waals surface area contributed by atoms with Crippen molar-refractivity contribution in [1.82, 2.24) is 0 Å². The molecule has 0 atom stereocenters. The van der Waals surface area contributed by atoms with Crippen LogP contribution >= 0.6 is 0 Å². The van der Waals surface area contributed by atoms with E-state index >= 15 is 0 Å². The maximum atomic E-state index is 3.07. The zero-order valence-corrected chi connectivity index (χ0v) is 9.50. The molecule has 0 saturated carbocycles. The van der Waals surface area contributed by atoms with Gasteiger partial charge in [0.25, 0.3) is 0 Å². The van der Waals surface area contributed by atoms with Gasteiger partial charge in [-0.3, -0.25) is 0 Å². The van der Waals surface area contributed by atoms with Crippen molar-refractivity contribution in [3.63, 3.8) is 0 Å². The maximum absolute atomic E-state index is 3.07. The van der Waals surface area contributed by atoms with Crippen molar-refractivity contribution in [3.8, 4) is 45.9 Å². The lowest BCUT2D eigenvalue weighted by Gasteiger charge is -2.01. The van der Waals surface area contributed by atoms with E-state index in [0.717, 1.165) is 0 Å². The van der Waals surface area contributed by atoms with Crippen LogP contribution in [-0.2, 0) is 0 Å². The summed E-state index contributed by atoms with van der Waals surface area (Å²) in [4.78, 5) is 0. The summed E-state index contributed by atoms with van der Waals surface area (Å²) in [6.45, 7) is 7.20. The van der Waals surface area contributed by atoms with Gasteiger partial charge in [-0.2, -0.15) is 0 Å². The molecule has 0 bridgehead atoms. The van der Waals surface area contributed by atoms with Crippen LogP contribution in [-0.4, -0.2) is 8.07 Å². The highest BCUT2D eigenvalue weighted by atomic mass is 28.3. The SMILES string of the molecule is CC#C[Si](C#CC)(C#CC)C#CC. The molecule has 0 aromatic heterocycles. The predicted molar refractivity (Wildman–Crippen MR) is 59.6 cm³/mol. The summed E-state index contributed by atoms with van der Waals surface area (Å²) in [6, 6.07) is 0. The molecule has 0 rings (SSSR count). The van der Waals surface area contributed by atoms with Crippen molar-refractivity contribution >= 4 is 8.07 Å². The van der Waals surface area contributed by atoms with Gasteiger partial charge in [0.2, 0.25) is 0 Å². The van der Waals surface area contributed by atoms with E-state index in [9.17, 15) is 0 Å². The maximum Gasteiger partial charge on any atom is 0.369 e. The molecule has 0 aromatic rings. The Labute approximate surface area is 82.1 Å². The first-order chi connectivity index (χ1) is 6.24. The Morgan fingerprint density at radius 2 is 0.769 bits per heavy atom. The lowest BCUT2D eigenvalue weighted by Crippen LogP contribution is -2.28. The first kappa shape index (κ1) is 11.5. The van der Waals surface area contributed by atoms with Crippen LogP contribution < -0.4 is 0 Å². The molecule has 0 saturated heterocycles. The monoisotopic (exact) mass is 184 g/mol. The van der Waals surface area contributed by atoms with Crippen LogP contribution in [0.15, 0.2) is 0 Å². The highest BCUT2D eigenvalue weighted by molar-refractivity contribution is 7.06. The van der Waals surface area contributed by atoms with E-state index in [-0.39, 0.29) is 0 Å². The fraction of sp³-hybridized carbons (Fsp3) is 0.333. The molecule has 1 heteroatoms. The van der Waals surface area contributed by atoms with E-state index in [1.807, 2.05) is 0 Å². The van der Waals surface area contributed by atoms with Gasteiger partial charge in [0.15, 0.2) is 0 Å². The van der Waals surface area contributed by atoms with Crippen molar-refractivity contribution < 1.29 is 0 Å². The van der Waals surface area contributed by atoms with Gasteiger partial charge in [-0.1, -0.05) is 22.2 Å². The average molecular weight is 184 g/mol. The summed E-state index contributed by atoms with van der Waals surface area (Å²) in [6.07, 6.45) is 0. The van der Waals surface area contributed by atoms with E-state index in [1.54, 1.807) is 27.7 Å². The summed E-state index contributed by atoms with van der Waals surface area (Å²) >= 11 is 0. The zero-order valence-electron chi connectivity index (χ0n) is 8.50. The molecule has 0 heterocycles. The summed E-state index contributed by atoms with van der Waals surface area (Å²) in [7, 11) is -2.24. The molecule has 0 nitrogen and oxygen atoms in total. The Hall–Kier alpha value is -1.54. The molecule has 0 unspecified atom stereocenters. The lowest BCUT2D eigenvalue weighted by atomic mass is 10.8. The first-order valence-electron chi connectivity index (χ1n) is 4.00. The third-order valence-corrected chi connectivity index (χ3v) is 3.75. The molecule has 64 valence electrons. The summed E-state index contributed by atoms with van der Waals surface area (Å²) in [5.41, 5.74) is 12.3. The topological polar surface area (TPSA) is 0 Å². The molecule has 0 amide bonds. The van der Waals surface area contributed by atoms with E-state index in [1.165, 1.54) is 0 Å². The Morgan fingerprint density at radius 3 is 0.923 bits per heavy atom. The molecular weight excluding hydrogens is 172 g/mol. The molecule has 0 spiro atoms. The van der Waals surface area contributed by atoms with Crippen molar-refractivity contribution in [2.45, 2.75) is 27.7 Å². The minimum absolute atomic E-state index is 1.80. The molecule has 0 fully saturated rings. The molecule has 0 aromatic carbocycles. The van der Waals surface area contributed by atoms with Gasteiger partial charge >= 0.3 is 8.07 Å². The van der Waals surface area contributed by atoms with Crippen LogP contribution in [0, 0.1) is 45.9 Å². The van der Waals surface area contributed by atoms with E-state index in [0.29, 0.717) is 0 Å². The third kappa shape index (κ3) is 3.58. The second-order valence-corrected chi connectivity index (χ2v) is 4.75. The Balaban J connectivity index is 5.39. The molecule has 0 aliphatic rings. The highest BCUT2D eigenvalue weighted by Gasteiger charge is 2.24. The smallest absolute Gasteiger partial charge is 0.110 e. The molecule has 0 N–H and O–H groups in total. The van der Waals surface area contributed by atoms with Crippen LogP contribution in [0.1, 0.15) is 27.7 Å². The average Bonchev–Trinajstić information content (AvgIpc) is 2.06. The molecule has 0 aliphatic heterocycles. The second kappa shape index (κ2) is 6.03. The highest BCUT2D eigenvalue weighted by Crippen LogP contribution is 1.96. The summed E-state index contributed by atoms with van der Waals surface area (Å²) in [5.74, 6) is 11.5. The van der Waals surface area contributed by atoms with Gasteiger partial charge < -0.3 is 0 Å². The van der Waals surface area contributed by atoms with E-state index in [2.05, 4.69) is 45.9 Å². The Bertz CT molecular complexity index is 313. The molecular formula is C12H12Si. The fourth-order valence-corrected chi connectivity index (χ4v) is 2.81. The fourth-order valence-electron chi connectivity index (χ4n) is 0.938. The normalized spacial score (nSPS) is 7.08. The van der Waals surface area contributed by atoms with Gasteiger partial charge in [0, 0.05) is 0 Å². The Kier molecular flexibility index (Phi) is 5.31.